The number of anilines is 1. The normalized spacial score (nSPS) is 11.3. The fraction of sp³-hybridized carbons (Fsp3) is 0.667. The molecule has 5 nitrogen and oxygen atoms in total. The molecule has 96 valence electrons. The van der Waals surface area contributed by atoms with Crippen molar-refractivity contribution >= 4 is 5.82 Å². The Morgan fingerprint density at radius 3 is 2.65 bits per heavy atom. The van der Waals surface area contributed by atoms with Gasteiger partial charge < -0.3 is 14.8 Å². The lowest BCUT2D eigenvalue weighted by Gasteiger charge is -2.19. The molecule has 17 heavy (non-hydrogen) atoms. The molecule has 0 aliphatic heterocycles. The van der Waals surface area contributed by atoms with E-state index in [9.17, 15) is 0 Å². The third-order valence-corrected chi connectivity index (χ3v) is 1.87. The number of nitrogens with one attached hydrogen (secondary N) is 1. The third kappa shape index (κ3) is 6.06. The quantitative estimate of drug-likeness (QED) is 0.770. The fourth-order valence-corrected chi connectivity index (χ4v) is 1.19. The lowest BCUT2D eigenvalue weighted by atomic mass is 10.2. The molecule has 0 saturated carbocycles. The van der Waals surface area contributed by atoms with Crippen LogP contribution in [0.25, 0.3) is 0 Å². The van der Waals surface area contributed by atoms with Crippen LogP contribution >= 0.6 is 0 Å². The van der Waals surface area contributed by atoms with Crippen LogP contribution in [0.3, 0.4) is 0 Å². The van der Waals surface area contributed by atoms with Gasteiger partial charge in [0, 0.05) is 12.6 Å². The lowest BCUT2D eigenvalue weighted by Crippen LogP contribution is -2.22. The van der Waals surface area contributed by atoms with Gasteiger partial charge in [0.25, 0.3) is 0 Å². The molecule has 0 spiro atoms. The minimum Gasteiger partial charge on any atom is -0.475 e. The first-order chi connectivity index (χ1) is 8.01. The van der Waals surface area contributed by atoms with Crippen LogP contribution in [-0.2, 0) is 4.74 Å². The van der Waals surface area contributed by atoms with Crippen LogP contribution in [0.15, 0.2) is 12.4 Å². The molecule has 0 fully saturated rings. The van der Waals surface area contributed by atoms with E-state index in [1.807, 2.05) is 27.7 Å². The van der Waals surface area contributed by atoms with Gasteiger partial charge in [0.1, 0.15) is 18.8 Å². The topological polar surface area (TPSA) is 56.3 Å². The SMILES string of the molecule is CCNc1cc(OCCOC(C)(C)C)ncn1. The summed E-state index contributed by atoms with van der Waals surface area (Å²) in [5, 5.41) is 3.10. The Morgan fingerprint density at radius 2 is 2.00 bits per heavy atom. The second kappa shape index (κ2) is 6.39. The summed E-state index contributed by atoms with van der Waals surface area (Å²) in [5.41, 5.74) is -0.135. The molecular weight excluding hydrogens is 218 g/mol. The smallest absolute Gasteiger partial charge is 0.218 e. The average Bonchev–Trinajstić information content (AvgIpc) is 2.24. The summed E-state index contributed by atoms with van der Waals surface area (Å²) in [4.78, 5) is 8.09. The van der Waals surface area contributed by atoms with Crippen molar-refractivity contribution in [2.24, 2.45) is 0 Å². The summed E-state index contributed by atoms with van der Waals surface area (Å²) >= 11 is 0. The van der Waals surface area contributed by atoms with Crippen LogP contribution in [0.2, 0.25) is 0 Å². The van der Waals surface area contributed by atoms with Crippen LogP contribution < -0.4 is 10.1 Å². The number of ether oxygens (including phenoxy) is 2. The van der Waals surface area contributed by atoms with Crippen molar-refractivity contribution in [2.45, 2.75) is 33.3 Å². The molecule has 0 unspecified atom stereocenters. The van der Waals surface area contributed by atoms with Crippen molar-refractivity contribution in [3.05, 3.63) is 12.4 Å². The first-order valence-corrected chi connectivity index (χ1v) is 5.84. The maximum atomic E-state index is 5.54. The maximum absolute atomic E-state index is 5.54. The van der Waals surface area contributed by atoms with Gasteiger partial charge in [0.15, 0.2) is 0 Å². The van der Waals surface area contributed by atoms with Gasteiger partial charge in [-0.1, -0.05) is 0 Å². The Labute approximate surface area is 103 Å². The Kier molecular flexibility index (Phi) is 5.15. The zero-order valence-electron chi connectivity index (χ0n) is 11.0. The molecule has 1 aromatic heterocycles. The van der Waals surface area contributed by atoms with E-state index in [0.29, 0.717) is 19.1 Å². The summed E-state index contributed by atoms with van der Waals surface area (Å²) in [6, 6.07) is 1.78. The van der Waals surface area contributed by atoms with E-state index in [1.165, 1.54) is 6.33 Å². The standard InChI is InChI=1S/C12H21N3O2/c1-5-13-10-8-11(15-9-14-10)16-6-7-17-12(2,3)4/h8-9H,5-7H2,1-4H3,(H,13,14,15). The minimum absolute atomic E-state index is 0.135. The van der Waals surface area contributed by atoms with Gasteiger partial charge in [-0.15, -0.1) is 0 Å². The summed E-state index contributed by atoms with van der Waals surface area (Å²) in [5.74, 6) is 1.34. The highest BCUT2D eigenvalue weighted by Gasteiger charge is 2.09. The second-order valence-corrected chi connectivity index (χ2v) is 4.58. The number of aromatic nitrogens is 2. The molecule has 0 bridgehead atoms. The van der Waals surface area contributed by atoms with Crippen LogP contribution in [0.1, 0.15) is 27.7 Å². The van der Waals surface area contributed by atoms with Gasteiger partial charge in [0.05, 0.1) is 12.2 Å². The number of hydrogen-bond acceptors (Lipinski definition) is 5. The molecule has 0 amide bonds. The molecule has 1 N–H and O–H groups in total. The largest absolute Gasteiger partial charge is 0.475 e. The predicted octanol–water partition coefficient (Wildman–Crippen LogP) is 2.10. The van der Waals surface area contributed by atoms with Crippen molar-refractivity contribution < 1.29 is 9.47 Å². The van der Waals surface area contributed by atoms with Gasteiger partial charge in [-0.2, -0.15) is 0 Å². The maximum Gasteiger partial charge on any atom is 0.218 e. The van der Waals surface area contributed by atoms with Gasteiger partial charge in [0.2, 0.25) is 5.88 Å². The highest BCUT2D eigenvalue weighted by Crippen LogP contribution is 2.11. The fourth-order valence-electron chi connectivity index (χ4n) is 1.19. The van der Waals surface area contributed by atoms with E-state index >= 15 is 0 Å². The minimum atomic E-state index is -0.135. The molecule has 5 heteroatoms. The molecule has 0 aliphatic rings. The van der Waals surface area contributed by atoms with E-state index < -0.39 is 0 Å². The molecular formula is C12H21N3O2. The van der Waals surface area contributed by atoms with Crippen molar-refractivity contribution in [1.82, 2.24) is 9.97 Å². The molecule has 1 aromatic rings. The van der Waals surface area contributed by atoms with Crippen LogP contribution in [0.4, 0.5) is 5.82 Å². The Morgan fingerprint density at radius 1 is 1.24 bits per heavy atom. The van der Waals surface area contributed by atoms with Crippen LogP contribution in [0, 0.1) is 0 Å². The highest BCUT2D eigenvalue weighted by atomic mass is 16.5. The van der Waals surface area contributed by atoms with E-state index in [2.05, 4.69) is 15.3 Å². The first kappa shape index (κ1) is 13.7. The van der Waals surface area contributed by atoms with Crippen molar-refractivity contribution in [3.63, 3.8) is 0 Å². The van der Waals surface area contributed by atoms with Crippen molar-refractivity contribution in [1.29, 1.82) is 0 Å². The number of hydrogen-bond donors (Lipinski definition) is 1. The van der Waals surface area contributed by atoms with E-state index in [-0.39, 0.29) is 5.60 Å². The third-order valence-electron chi connectivity index (χ3n) is 1.87. The molecule has 0 aliphatic carbocycles. The monoisotopic (exact) mass is 239 g/mol. The van der Waals surface area contributed by atoms with Crippen LogP contribution in [-0.4, -0.2) is 35.3 Å². The van der Waals surface area contributed by atoms with Crippen molar-refractivity contribution in [3.8, 4) is 5.88 Å². The van der Waals surface area contributed by atoms with Gasteiger partial charge in [-0.3, -0.25) is 0 Å². The van der Waals surface area contributed by atoms with Crippen molar-refractivity contribution in [2.75, 3.05) is 25.1 Å². The van der Waals surface area contributed by atoms with Gasteiger partial charge in [-0.25, -0.2) is 9.97 Å². The second-order valence-electron chi connectivity index (χ2n) is 4.58. The molecule has 0 saturated heterocycles. The summed E-state index contributed by atoms with van der Waals surface area (Å²) in [6.45, 7) is 9.91. The predicted molar refractivity (Wildman–Crippen MR) is 67.4 cm³/mol. The lowest BCUT2D eigenvalue weighted by molar-refractivity contribution is -0.0168. The molecule has 1 rings (SSSR count). The zero-order chi connectivity index (χ0) is 12.7. The molecule has 1 heterocycles. The van der Waals surface area contributed by atoms with Gasteiger partial charge >= 0.3 is 0 Å². The van der Waals surface area contributed by atoms with E-state index in [4.69, 9.17) is 9.47 Å². The Balaban J connectivity index is 2.34. The number of rotatable bonds is 6. The first-order valence-electron chi connectivity index (χ1n) is 5.84. The van der Waals surface area contributed by atoms with Crippen LogP contribution in [0.5, 0.6) is 5.88 Å². The molecule has 0 aromatic carbocycles. The number of nitrogens with zero attached hydrogens (tertiary/aromatic N) is 2. The zero-order valence-corrected chi connectivity index (χ0v) is 11.0. The highest BCUT2D eigenvalue weighted by molar-refractivity contribution is 5.36. The summed E-state index contributed by atoms with van der Waals surface area (Å²) in [6.07, 6.45) is 1.48. The average molecular weight is 239 g/mol. The van der Waals surface area contributed by atoms with E-state index in [1.54, 1.807) is 6.07 Å². The van der Waals surface area contributed by atoms with E-state index in [0.717, 1.165) is 12.4 Å². The Hall–Kier alpha value is -1.36. The van der Waals surface area contributed by atoms with Gasteiger partial charge in [-0.05, 0) is 27.7 Å². The summed E-state index contributed by atoms with van der Waals surface area (Å²) < 4.78 is 11.0. The Bertz CT molecular complexity index is 337. The summed E-state index contributed by atoms with van der Waals surface area (Å²) in [7, 11) is 0. The molecule has 0 radical (unpaired) electrons. The molecule has 0 atom stereocenters.